The molecule has 0 unspecified atom stereocenters. The highest BCUT2D eigenvalue weighted by atomic mass is 79.9. The molecule has 2 rings (SSSR count). The van der Waals surface area contributed by atoms with Crippen LogP contribution in [0.3, 0.4) is 0 Å². The molecule has 0 amide bonds. The monoisotopic (exact) mass is 248 g/mol. The van der Waals surface area contributed by atoms with Gasteiger partial charge in [0.25, 0.3) is 0 Å². The predicted molar refractivity (Wildman–Crippen MR) is 60.4 cm³/mol. The third-order valence-electron chi connectivity index (χ3n) is 2.15. The predicted octanol–water partition coefficient (Wildman–Crippen LogP) is 3.03. The number of aromatic nitrogens is 1. The molecule has 0 saturated carbocycles. The molecule has 14 heavy (non-hydrogen) atoms. The number of rotatable bonds is 1. The van der Waals surface area contributed by atoms with Gasteiger partial charge < -0.3 is 0 Å². The van der Waals surface area contributed by atoms with Gasteiger partial charge in [0.05, 0.1) is 0 Å². The number of benzene rings is 1. The van der Waals surface area contributed by atoms with Crippen molar-refractivity contribution in [2.45, 2.75) is 6.92 Å². The minimum atomic E-state index is 1.10. The Balaban J connectivity index is 2.55. The Hall–Kier alpha value is -1.15. The van der Waals surface area contributed by atoms with E-state index < -0.39 is 0 Å². The van der Waals surface area contributed by atoms with E-state index in [-0.39, 0.29) is 0 Å². The first-order chi connectivity index (χ1) is 6.77. The average Bonchev–Trinajstić information content (AvgIpc) is 2.18. The fraction of sp³-hybridized carbons (Fsp3) is 0.0833. The van der Waals surface area contributed by atoms with Crippen LogP contribution in [0, 0.1) is 6.92 Å². The zero-order valence-corrected chi connectivity index (χ0v) is 9.53. The molecule has 70 valence electrons. The van der Waals surface area contributed by atoms with Crippen molar-refractivity contribution in [3.05, 3.63) is 58.8 Å². The van der Waals surface area contributed by atoms with Gasteiger partial charge in [0.1, 0.15) is 0 Å². The van der Waals surface area contributed by atoms with Crippen molar-refractivity contribution >= 4 is 15.9 Å². The summed E-state index contributed by atoms with van der Waals surface area (Å²) >= 11 is 3.47. The smallest absolute Gasteiger partial charge is 0.165 e. The molecule has 0 N–H and O–H groups in total. The topological polar surface area (TPSA) is 3.88 Å². The number of hydrogen-bond acceptors (Lipinski definition) is 0. The molecular formula is C12H11BrN+. The number of pyridine rings is 1. The van der Waals surface area contributed by atoms with Gasteiger partial charge in [-0.2, -0.15) is 4.57 Å². The highest BCUT2D eigenvalue weighted by molar-refractivity contribution is 9.10. The van der Waals surface area contributed by atoms with Crippen molar-refractivity contribution in [3.8, 4) is 5.69 Å². The third kappa shape index (κ3) is 1.85. The molecule has 0 bridgehead atoms. The third-order valence-corrected chi connectivity index (χ3v) is 2.64. The Morgan fingerprint density at radius 1 is 1.07 bits per heavy atom. The lowest BCUT2D eigenvalue weighted by molar-refractivity contribution is -0.602. The quantitative estimate of drug-likeness (QED) is 0.684. The van der Waals surface area contributed by atoms with Crippen LogP contribution in [0.1, 0.15) is 5.69 Å². The molecule has 0 aliphatic heterocycles. The maximum atomic E-state index is 3.47. The molecule has 2 aromatic rings. The second kappa shape index (κ2) is 3.93. The van der Waals surface area contributed by atoms with Crippen LogP contribution < -0.4 is 4.57 Å². The van der Waals surface area contributed by atoms with E-state index in [4.69, 9.17) is 0 Å². The molecule has 0 aliphatic rings. The van der Waals surface area contributed by atoms with E-state index >= 15 is 0 Å². The maximum absolute atomic E-state index is 3.47. The largest absolute Gasteiger partial charge is 0.211 e. The van der Waals surface area contributed by atoms with E-state index in [1.165, 1.54) is 11.4 Å². The van der Waals surface area contributed by atoms with Crippen molar-refractivity contribution in [2.24, 2.45) is 0 Å². The Bertz CT molecular complexity index is 452. The van der Waals surface area contributed by atoms with E-state index in [1.807, 2.05) is 24.3 Å². The molecule has 0 aliphatic carbocycles. The highest BCUT2D eigenvalue weighted by Gasteiger charge is 2.07. The first kappa shape index (κ1) is 9.41. The van der Waals surface area contributed by atoms with E-state index in [2.05, 4.69) is 51.8 Å². The summed E-state index contributed by atoms with van der Waals surface area (Å²) in [5.41, 5.74) is 2.41. The number of nitrogens with zero attached hydrogens (tertiary/aromatic N) is 1. The lowest BCUT2D eigenvalue weighted by Crippen LogP contribution is -2.33. The van der Waals surface area contributed by atoms with Crippen LogP contribution >= 0.6 is 15.9 Å². The van der Waals surface area contributed by atoms with Gasteiger partial charge in [0, 0.05) is 35.7 Å². The summed E-state index contributed by atoms with van der Waals surface area (Å²) in [6.45, 7) is 2.10. The minimum Gasteiger partial charge on any atom is -0.165 e. The van der Waals surface area contributed by atoms with Gasteiger partial charge in [-0.05, 0) is 6.07 Å². The van der Waals surface area contributed by atoms with Crippen LogP contribution in [0.25, 0.3) is 5.69 Å². The first-order valence-corrected chi connectivity index (χ1v) is 5.30. The van der Waals surface area contributed by atoms with Crippen molar-refractivity contribution in [2.75, 3.05) is 0 Å². The Morgan fingerprint density at radius 2 is 1.93 bits per heavy atom. The maximum Gasteiger partial charge on any atom is 0.211 e. The summed E-state index contributed by atoms with van der Waals surface area (Å²) in [5.74, 6) is 0. The average molecular weight is 249 g/mol. The van der Waals surface area contributed by atoms with E-state index in [9.17, 15) is 0 Å². The highest BCUT2D eigenvalue weighted by Crippen LogP contribution is 2.11. The lowest BCUT2D eigenvalue weighted by Gasteiger charge is -1.98. The van der Waals surface area contributed by atoms with Crippen molar-refractivity contribution < 1.29 is 4.57 Å². The van der Waals surface area contributed by atoms with Crippen LogP contribution in [0.2, 0.25) is 0 Å². The van der Waals surface area contributed by atoms with Crippen LogP contribution in [-0.4, -0.2) is 0 Å². The van der Waals surface area contributed by atoms with Crippen molar-refractivity contribution in [1.29, 1.82) is 0 Å². The zero-order chi connectivity index (χ0) is 9.97. The van der Waals surface area contributed by atoms with Crippen molar-refractivity contribution in [1.82, 2.24) is 0 Å². The zero-order valence-electron chi connectivity index (χ0n) is 7.94. The van der Waals surface area contributed by atoms with Gasteiger partial charge in [-0.3, -0.25) is 0 Å². The summed E-state index contributed by atoms with van der Waals surface area (Å²) in [6, 6.07) is 14.4. The minimum absolute atomic E-state index is 1.10. The van der Waals surface area contributed by atoms with Gasteiger partial charge in [0.15, 0.2) is 11.9 Å². The van der Waals surface area contributed by atoms with Gasteiger partial charge >= 0.3 is 0 Å². The molecule has 0 saturated heterocycles. The van der Waals surface area contributed by atoms with E-state index in [0.717, 1.165) is 4.47 Å². The van der Waals surface area contributed by atoms with Crippen LogP contribution in [0.15, 0.2) is 53.1 Å². The van der Waals surface area contributed by atoms with Crippen LogP contribution in [0.4, 0.5) is 0 Å². The van der Waals surface area contributed by atoms with E-state index in [1.54, 1.807) is 0 Å². The van der Waals surface area contributed by atoms with Crippen LogP contribution in [-0.2, 0) is 0 Å². The van der Waals surface area contributed by atoms with Crippen LogP contribution in [0.5, 0.6) is 0 Å². The molecule has 0 fully saturated rings. The number of aryl methyl sites for hydroxylation is 1. The molecule has 2 heteroatoms. The van der Waals surface area contributed by atoms with Gasteiger partial charge in [0.2, 0.25) is 5.69 Å². The molecule has 0 spiro atoms. The second-order valence-corrected chi connectivity index (χ2v) is 4.11. The number of halogens is 1. The summed E-state index contributed by atoms with van der Waals surface area (Å²) < 4.78 is 3.26. The van der Waals surface area contributed by atoms with Crippen molar-refractivity contribution in [3.63, 3.8) is 0 Å². The standard InChI is InChI=1S/C12H11BrN/c1-10-5-2-3-8-14(10)12-7-4-6-11(13)9-12/h2-9H,1H3/q+1. The summed E-state index contributed by atoms with van der Waals surface area (Å²) in [5, 5.41) is 0. The van der Waals surface area contributed by atoms with Gasteiger partial charge in [-0.15, -0.1) is 0 Å². The first-order valence-electron chi connectivity index (χ1n) is 4.50. The molecule has 0 radical (unpaired) electrons. The molecule has 1 aromatic carbocycles. The van der Waals surface area contributed by atoms with Gasteiger partial charge in [-0.25, -0.2) is 0 Å². The normalized spacial score (nSPS) is 10.1. The molecule has 1 nitrogen and oxygen atoms in total. The second-order valence-electron chi connectivity index (χ2n) is 3.19. The van der Waals surface area contributed by atoms with Gasteiger partial charge in [-0.1, -0.05) is 28.1 Å². The Morgan fingerprint density at radius 3 is 2.64 bits per heavy atom. The molecular weight excluding hydrogens is 238 g/mol. The Labute approximate surface area is 92.2 Å². The fourth-order valence-electron chi connectivity index (χ4n) is 1.44. The lowest BCUT2D eigenvalue weighted by atomic mass is 10.3. The summed E-state index contributed by atoms with van der Waals surface area (Å²) in [4.78, 5) is 0. The Kier molecular flexibility index (Phi) is 2.64. The number of hydrogen-bond donors (Lipinski definition) is 0. The molecule has 1 heterocycles. The molecule has 1 aromatic heterocycles. The fourth-order valence-corrected chi connectivity index (χ4v) is 1.83. The molecule has 0 atom stereocenters. The summed E-state index contributed by atoms with van der Waals surface area (Å²) in [7, 11) is 0. The SMILES string of the molecule is Cc1cccc[n+]1-c1cccc(Br)c1. The van der Waals surface area contributed by atoms with E-state index in [0.29, 0.717) is 0 Å². The summed E-state index contributed by atoms with van der Waals surface area (Å²) in [6.07, 6.45) is 2.07.